The van der Waals surface area contributed by atoms with Crippen LogP contribution in [0.3, 0.4) is 0 Å². The van der Waals surface area contributed by atoms with Crippen LogP contribution in [-0.2, 0) is 14.3 Å². The van der Waals surface area contributed by atoms with E-state index in [9.17, 15) is 4.79 Å². The second-order valence-corrected chi connectivity index (χ2v) is 5.13. The molecule has 0 radical (unpaired) electrons. The number of aryl methyl sites for hydroxylation is 2. The van der Waals surface area contributed by atoms with Gasteiger partial charge in [0.2, 0.25) is 0 Å². The summed E-state index contributed by atoms with van der Waals surface area (Å²) in [4.78, 5) is 12.0. The summed E-state index contributed by atoms with van der Waals surface area (Å²) >= 11 is 0. The van der Waals surface area contributed by atoms with Crippen LogP contribution < -0.4 is 0 Å². The topological polar surface area (TPSA) is 35.5 Å². The van der Waals surface area contributed by atoms with Gasteiger partial charge in [-0.25, -0.2) is 4.79 Å². The first-order valence-corrected chi connectivity index (χ1v) is 5.96. The summed E-state index contributed by atoms with van der Waals surface area (Å²) in [5.41, 5.74) is 2.95. The van der Waals surface area contributed by atoms with Crippen molar-refractivity contribution >= 4 is 11.5 Å². The minimum atomic E-state index is -0.696. The highest BCUT2D eigenvalue weighted by Crippen LogP contribution is 2.38. The molecule has 3 heteroatoms. The second-order valence-electron chi connectivity index (χ2n) is 5.13. The molecule has 18 heavy (non-hydrogen) atoms. The van der Waals surface area contributed by atoms with E-state index in [1.54, 1.807) is 7.11 Å². The standard InChI is InChI=1S/C15H18O3/c1-9-6-7-11(10(2)8-9)12-13(17-5)15(3,4)18-14(12)16/h6-8H,1-5H3. The highest BCUT2D eigenvalue weighted by molar-refractivity contribution is 6.20. The van der Waals surface area contributed by atoms with Gasteiger partial charge in [0.25, 0.3) is 0 Å². The van der Waals surface area contributed by atoms with E-state index in [2.05, 4.69) is 0 Å². The molecule has 2 rings (SSSR count). The predicted molar refractivity (Wildman–Crippen MR) is 70.0 cm³/mol. The Balaban J connectivity index is 2.64. The molecule has 0 fully saturated rings. The lowest BCUT2D eigenvalue weighted by molar-refractivity contribution is -0.144. The summed E-state index contributed by atoms with van der Waals surface area (Å²) in [6.45, 7) is 7.68. The van der Waals surface area contributed by atoms with E-state index in [1.165, 1.54) is 5.56 Å². The second kappa shape index (κ2) is 4.16. The number of ether oxygens (including phenoxy) is 2. The third-order valence-electron chi connectivity index (χ3n) is 3.18. The number of rotatable bonds is 2. The van der Waals surface area contributed by atoms with Crippen molar-refractivity contribution in [1.82, 2.24) is 0 Å². The van der Waals surface area contributed by atoms with Gasteiger partial charge < -0.3 is 9.47 Å². The van der Waals surface area contributed by atoms with Gasteiger partial charge in [0, 0.05) is 0 Å². The minimum absolute atomic E-state index is 0.316. The summed E-state index contributed by atoms with van der Waals surface area (Å²) in [6.07, 6.45) is 0. The van der Waals surface area contributed by atoms with Crippen LogP contribution in [0.15, 0.2) is 24.0 Å². The minimum Gasteiger partial charge on any atom is -0.496 e. The first kappa shape index (κ1) is 12.7. The SMILES string of the molecule is COC1=C(c2ccc(C)cc2C)C(=O)OC1(C)C. The number of carbonyl (C=O) groups is 1. The van der Waals surface area contributed by atoms with E-state index in [0.717, 1.165) is 11.1 Å². The van der Waals surface area contributed by atoms with Crippen molar-refractivity contribution in [3.8, 4) is 0 Å². The molecule has 0 unspecified atom stereocenters. The maximum absolute atomic E-state index is 12.0. The quantitative estimate of drug-likeness (QED) is 0.752. The third kappa shape index (κ3) is 1.90. The van der Waals surface area contributed by atoms with E-state index >= 15 is 0 Å². The monoisotopic (exact) mass is 246 g/mol. The number of methoxy groups -OCH3 is 1. The van der Waals surface area contributed by atoms with E-state index in [-0.39, 0.29) is 5.97 Å². The van der Waals surface area contributed by atoms with Gasteiger partial charge in [-0.2, -0.15) is 0 Å². The van der Waals surface area contributed by atoms with Crippen LogP contribution in [0.1, 0.15) is 30.5 Å². The van der Waals surface area contributed by atoms with E-state index in [0.29, 0.717) is 11.3 Å². The normalized spacial score (nSPS) is 17.9. The summed E-state index contributed by atoms with van der Waals surface area (Å²) in [5, 5.41) is 0. The molecule has 96 valence electrons. The summed E-state index contributed by atoms with van der Waals surface area (Å²) in [6, 6.07) is 5.98. The molecule has 1 aromatic rings. The van der Waals surface area contributed by atoms with Crippen LogP contribution in [-0.4, -0.2) is 18.7 Å². The van der Waals surface area contributed by atoms with Crippen molar-refractivity contribution in [3.05, 3.63) is 40.6 Å². The zero-order valence-corrected chi connectivity index (χ0v) is 11.5. The van der Waals surface area contributed by atoms with Gasteiger partial charge in [-0.05, 0) is 38.8 Å². The molecular weight excluding hydrogens is 228 g/mol. The maximum atomic E-state index is 12.0. The zero-order valence-electron chi connectivity index (χ0n) is 11.5. The molecule has 1 aromatic carbocycles. The van der Waals surface area contributed by atoms with Gasteiger partial charge in [-0.3, -0.25) is 0 Å². The van der Waals surface area contributed by atoms with Gasteiger partial charge in [0.1, 0.15) is 5.57 Å². The van der Waals surface area contributed by atoms with Crippen LogP contribution in [0.4, 0.5) is 0 Å². The lowest BCUT2D eigenvalue weighted by atomic mass is 9.95. The fourth-order valence-corrected chi connectivity index (χ4v) is 2.40. The van der Waals surface area contributed by atoms with Crippen molar-refractivity contribution in [2.45, 2.75) is 33.3 Å². The fraction of sp³-hybridized carbons (Fsp3) is 0.400. The smallest absolute Gasteiger partial charge is 0.343 e. The van der Waals surface area contributed by atoms with Crippen molar-refractivity contribution in [3.63, 3.8) is 0 Å². The lowest BCUT2D eigenvalue weighted by Crippen LogP contribution is -2.23. The maximum Gasteiger partial charge on any atom is 0.343 e. The molecule has 1 heterocycles. The predicted octanol–water partition coefficient (Wildman–Crippen LogP) is 3.00. The summed E-state index contributed by atoms with van der Waals surface area (Å²) < 4.78 is 10.7. The highest BCUT2D eigenvalue weighted by Gasteiger charge is 2.42. The molecule has 0 bridgehead atoms. The average Bonchev–Trinajstić information content (AvgIpc) is 2.47. The Morgan fingerprint density at radius 2 is 1.89 bits per heavy atom. The van der Waals surface area contributed by atoms with E-state index in [4.69, 9.17) is 9.47 Å². The van der Waals surface area contributed by atoms with Crippen LogP contribution in [0.2, 0.25) is 0 Å². The Bertz CT molecular complexity index is 539. The van der Waals surface area contributed by atoms with E-state index in [1.807, 2.05) is 45.9 Å². The van der Waals surface area contributed by atoms with Gasteiger partial charge in [-0.1, -0.05) is 23.8 Å². The fourth-order valence-electron chi connectivity index (χ4n) is 2.40. The van der Waals surface area contributed by atoms with E-state index < -0.39 is 5.60 Å². The Kier molecular flexibility index (Phi) is 2.93. The number of cyclic esters (lactones) is 1. The molecule has 1 aliphatic heterocycles. The summed E-state index contributed by atoms with van der Waals surface area (Å²) in [7, 11) is 1.57. The Hall–Kier alpha value is -1.77. The Labute approximate surface area is 107 Å². The number of benzene rings is 1. The number of carbonyl (C=O) groups excluding carboxylic acids is 1. The molecule has 0 saturated carbocycles. The van der Waals surface area contributed by atoms with Crippen LogP contribution in [0.25, 0.3) is 5.57 Å². The van der Waals surface area contributed by atoms with Crippen molar-refractivity contribution in [2.24, 2.45) is 0 Å². The molecule has 0 spiro atoms. The molecule has 0 saturated heterocycles. The Morgan fingerprint density at radius 1 is 1.22 bits per heavy atom. The van der Waals surface area contributed by atoms with Crippen LogP contribution in [0, 0.1) is 13.8 Å². The first-order valence-electron chi connectivity index (χ1n) is 5.96. The summed E-state index contributed by atoms with van der Waals surface area (Å²) in [5.74, 6) is 0.281. The number of esters is 1. The average molecular weight is 246 g/mol. The van der Waals surface area contributed by atoms with Gasteiger partial charge in [-0.15, -0.1) is 0 Å². The van der Waals surface area contributed by atoms with Crippen molar-refractivity contribution in [1.29, 1.82) is 0 Å². The molecule has 0 N–H and O–H groups in total. The molecular formula is C15H18O3. The van der Waals surface area contributed by atoms with Crippen LogP contribution in [0.5, 0.6) is 0 Å². The first-order chi connectivity index (χ1) is 8.36. The van der Waals surface area contributed by atoms with Crippen molar-refractivity contribution in [2.75, 3.05) is 7.11 Å². The molecule has 0 atom stereocenters. The molecule has 0 amide bonds. The van der Waals surface area contributed by atoms with Crippen LogP contribution >= 0.6 is 0 Å². The molecule has 0 aromatic heterocycles. The van der Waals surface area contributed by atoms with Gasteiger partial charge in [0.15, 0.2) is 11.4 Å². The highest BCUT2D eigenvalue weighted by atomic mass is 16.6. The Morgan fingerprint density at radius 3 is 2.44 bits per heavy atom. The molecule has 0 aliphatic carbocycles. The molecule has 1 aliphatic rings. The zero-order chi connectivity index (χ0) is 13.5. The van der Waals surface area contributed by atoms with Crippen molar-refractivity contribution < 1.29 is 14.3 Å². The largest absolute Gasteiger partial charge is 0.496 e. The van der Waals surface area contributed by atoms with Gasteiger partial charge in [0.05, 0.1) is 7.11 Å². The van der Waals surface area contributed by atoms with Gasteiger partial charge >= 0.3 is 5.97 Å². The third-order valence-corrected chi connectivity index (χ3v) is 3.18. The number of hydrogen-bond acceptors (Lipinski definition) is 3. The number of hydrogen-bond donors (Lipinski definition) is 0. The molecule has 3 nitrogen and oxygen atoms in total. The lowest BCUT2D eigenvalue weighted by Gasteiger charge is -2.19.